The van der Waals surface area contributed by atoms with Crippen molar-refractivity contribution in [3.63, 3.8) is 0 Å². The summed E-state index contributed by atoms with van der Waals surface area (Å²) in [7, 11) is -5.52. The fourth-order valence-corrected chi connectivity index (χ4v) is 3.33. The fraction of sp³-hybridized carbons (Fsp3) is 0.818. The summed E-state index contributed by atoms with van der Waals surface area (Å²) in [4.78, 5) is 0. The van der Waals surface area contributed by atoms with Gasteiger partial charge in [-0.2, -0.15) is 21.6 Å². The highest BCUT2D eigenvalue weighted by Crippen LogP contribution is 2.43. The van der Waals surface area contributed by atoms with E-state index in [2.05, 4.69) is 4.18 Å². The summed E-state index contributed by atoms with van der Waals surface area (Å²) < 4.78 is 63.2. The van der Waals surface area contributed by atoms with Crippen molar-refractivity contribution in [2.75, 3.05) is 0 Å². The molecule has 0 aromatic rings. The smallest absolute Gasteiger partial charge is 0.381 e. The summed E-state index contributed by atoms with van der Waals surface area (Å²) >= 11 is 0. The number of fused-ring (bicyclic) bond motifs is 1. The molecule has 0 amide bonds. The van der Waals surface area contributed by atoms with E-state index in [0.29, 0.717) is 12.8 Å². The van der Waals surface area contributed by atoms with Gasteiger partial charge in [0, 0.05) is 5.92 Å². The second-order valence-corrected chi connectivity index (χ2v) is 6.36. The van der Waals surface area contributed by atoms with Gasteiger partial charge in [-0.15, -0.1) is 0 Å². The molecule has 0 aromatic heterocycles. The molecule has 0 aromatic carbocycles. The second kappa shape index (κ2) is 4.75. The Kier molecular flexibility index (Phi) is 3.62. The monoisotopic (exact) mass is 284 g/mol. The molecule has 1 unspecified atom stereocenters. The summed E-state index contributed by atoms with van der Waals surface area (Å²) in [6.45, 7) is 0. The fourth-order valence-electron chi connectivity index (χ4n) is 2.79. The third-order valence-electron chi connectivity index (χ3n) is 3.65. The number of hydrogen-bond donors (Lipinski definition) is 0. The summed E-state index contributed by atoms with van der Waals surface area (Å²) in [6, 6.07) is 0. The molecular weight excluding hydrogens is 269 g/mol. The zero-order valence-corrected chi connectivity index (χ0v) is 10.6. The minimum Gasteiger partial charge on any atom is -0.381 e. The lowest BCUT2D eigenvalue weighted by molar-refractivity contribution is -0.0532. The van der Waals surface area contributed by atoms with Gasteiger partial charge >= 0.3 is 15.6 Å². The van der Waals surface area contributed by atoms with Crippen LogP contribution in [0.3, 0.4) is 0 Å². The molecule has 2 aliphatic rings. The first-order valence-corrected chi connectivity index (χ1v) is 7.43. The average molecular weight is 284 g/mol. The molecule has 2 rings (SSSR count). The van der Waals surface area contributed by atoms with Crippen LogP contribution >= 0.6 is 0 Å². The zero-order valence-electron chi connectivity index (χ0n) is 9.74. The van der Waals surface area contributed by atoms with Gasteiger partial charge in [-0.25, -0.2) is 0 Å². The Morgan fingerprint density at radius 3 is 2.50 bits per heavy atom. The minimum atomic E-state index is -5.52. The molecule has 2 atom stereocenters. The van der Waals surface area contributed by atoms with Crippen molar-refractivity contribution >= 4 is 10.1 Å². The number of hydrogen-bond acceptors (Lipinski definition) is 3. The first-order chi connectivity index (χ1) is 8.31. The molecule has 7 heteroatoms. The van der Waals surface area contributed by atoms with Crippen molar-refractivity contribution in [1.82, 2.24) is 0 Å². The van der Waals surface area contributed by atoms with Gasteiger partial charge in [-0.1, -0.05) is 12.8 Å². The topological polar surface area (TPSA) is 43.4 Å². The maximum atomic E-state index is 12.3. The maximum absolute atomic E-state index is 12.3. The van der Waals surface area contributed by atoms with Crippen molar-refractivity contribution in [3.8, 4) is 0 Å². The van der Waals surface area contributed by atoms with E-state index in [-0.39, 0.29) is 17.6 Å². The largest absolute Gasteiger partial charge is 0.534 e. The SMILES string of the molecule is O=S(=O)(OC1=CCCC2CCCC[C@H]12)C(F)(F)F. The van der Waals surface area contributed by atoms with E-state index >= 15 is 0 Å². The van der Waals surface area contributed by atoms with Gasteiger partial charge in [0.15, 0.2) is 0 Å². The van der Waals surface area contributed by atoms with Gasteiger partial charge in [0.05, 0.1) is 0 Å². The van der Waals surface area contributed by atoms with Gasteiger partial charge in [0.2, 0.25) is 0 Å². The Morgan fingerprint density at radius 2 is 1.83 bits per heavy atom. The Bertz CT molecular complexity index is 439. The molecule has 104 valence electrons. The average Bonchev–Trinajstić information content (AvgIpc) is 2.27. The van der Waals surface area contributed by atoms with Gasteiger partial charge in [-0.05, 0) is 37.7 Å². The maximum Gasteiger partial charge on any atom is 0.534 e. The van der Waals surface area contributed by atoms with Crippen molar-refractivity contribution < 1.29 is 25.8 Å². The van der Waals surface area contributed by atoms with Gasteiger partial charge in [-0.3, -0.25) is 0 Å². The Hall–Kier alpha value is -0.720. The van der Waals surface area contributed by atoms with Crippen LogP contribution in [0.5, 0.6) is 0 Å². The zero-order chi connectivity index (χ0) is 13.4. The lowest BCUT2D eigenvalue weighted by Crippen LogP contribution is -2.31. The summed E-state index contributed by atoms with van der Waals surface area (Å²) in [6.07, 6.45) is 6.61. The van der Waals surface area contributed by atoms with Crippen molar-refractivity contribution in [2.45, 2.75) is 44.0 Å². The highest BCUT2D eigenvalue weighted by molar-refractivity contribution is 7.87. The van der Waals surface area contributed by atoms with Gasteiger partial charge < -0.3 is 4.18 Å². The lowest BCUT2D eigenvalue weighted by atomic mass is 9.73. The third-order valence-corrected chi connectivity index (χ3v) is 4.63. The van der Waals surface area contributed by atoms with E-state index in [4.69, 9.17) is 0 Å². The highest BCUT2D eigenvalue weighted by Gasteiger charge is 2.50. The van der Waals surface area contributed by atoms with Crippen molar-refractivity contribution in [3.05, 3.63) is 11.8 Å². The first-order valence-electron chi connectivity index (χ1n) is 6.02. The molecule has 3 nitrogen and oxygen atoms in total. The number of allylic oxidation sites excluding steroid dienone is 2. The molecule has 1 fully saturated rings. The molecule has 0 heterocycles. The molecule has 2 aliphatic carbocycles. The molecule has 0 aliphatic heterocycles. The predicted molar refractivity (Wildman–Crippen MR) is 58.8 cm³/mol. The number of halogens is 3. The predicted octanol–water partition coefficient (Wildman–Crippen LogP) is 3.34. The van der Waals surface area contributed by atoms with E-state index in [9.17, 15) is 21.6 Å². The van der Waals surface area contributed by atoms with Crippen LogP contribution in [-0.2, 0) is 14.3 Å². The van der Waals surface area contributed by atoms with Crippen LogP contribution in [0.1, 0.15) is 38.5 Å². The molecule has 0 saturated heterocycles. The van der Waals surface area contributed by atoms with Crippen molar-refractivity contribution in [1.29, 1.82) is 0 Å². The highest BCUT2D eigenvalue weighted by atomic mass is 32.2. The van der Waals surface area contributed by atoms with Crippen LogP contribution in [0.2, 0.25) is 0 Å². The molecular formula is C11H15F3O3S. The third kappa shape index (κ3) is 2.65. The normalized spacial score (nSPS) is 29.4. The molecule has 0 bridgehead atoms. The molecule has 18 heavy (non-hydrogen) atoms. The van der Waals surface area contributed by atoms with E-state index in [1.54, 1.807) is 0 Å². The van der Waals surface area contributed by atoms with Crippen LogP contribution in [0.25, 0.3) is 0 Å². The van der Waals surface area contributed by atoms with Crippen LogP contribution in [0, 0.1) is 11.8 Å². The lowest BCUT2D eigenvalue weighted by Gasteiger charge is -2.35. The molecule has 0 N–H and O–H groups in total. The number of alkyl halides is 3. The van der Waals surface area contributed by atoms with Crippen LogP contribution in [0.4, 0.5) is 13.2 Å². The van der Waals surface area contributed by atoms with Crippen LogP contribution in [0.15, 0.2) is 11.8 Å². The minimum absolute atomic E-state index is 0.00303. The summed E-state index contributed by atoms with van der Waals surface area (Å²) in [5.74, 6) is 0.107. The quantitative estimate of drug-likeness (QED) is 0.577. The Balaban J connectivity index is 2.16. The van der Waals surface area contributed by atoms with E-state index in [1.165, 1.54) is 6.08 Å². The molecule has 0 radical (unpaired) electrons. The molecule has 0 spiro atoms. The van der Waals surface area contributed by atoms with Crippen molar-refractivity contribution in [2.24, 2.45) is 11.8 Å². The van der Waals surface area contributed by atoms with Gasteiger partial charge in [0.25, 0.3) is 0 Å². The second-order valence-electron chi connectivity index (χ2n) is 4.82. The Labute approximate surface area is 104 Å². The van der Waals surface area contributed by atoms with E-state index in [0.717, 1.165) is 25.7 Å². The standard InChI is InChI=1S/C11H15F3O3S/c12-11(13,14)18(15,16)17-10-7-3-5-8-4-1-2-6-9(8)10/h7-9H,1-6H2/t8?,9-/m0/s1. The first kappa shape index (κ1) is 13.7. The van der Waals surface area contributed by atoms with Crippen LogP contribution < -0.4 is 0 Å². The van der Waals surface area contributed by atoms with Crippen LogP contribution in [-0.4, -0.2) is 13.9 Å². The molecule has 1 saturated carbocycles. The Morgan fingerprint density at radius 1 is 1.17 bits per heavy atom. The summed E-state index contributed by atoms with van der Waals surface area (Å²) in [5, 5.41) is 0. The number of rotatable bonds is 2. The van der Waals surface area contributed by atoms with Gasteiger partial charge in [0.1, 0.15) is 5.76 Å². The van der Waals surface area contributed by atoms with E-state index < -0.39 is 15.6 Å². The van der Waals surface area contributed by atoms with E-state index in [1.807, 2.05) is 0 Å². The summed E-state index contributed by atoms with van der Waals surface area (Å²) in [5.41, 5.74) is -5.35.